The van der Waals surface area contributed by atoms with Gasteiger partial charge in [0.15, 0.2) is 0 Å². The molecule has 2 aliphatic heterocycles. The van der Waals surface area contributed by atoms with Gasteiger partial charge in [0, 0.05) is 31.7 Å². The molecule has 128 valence electrons. The van der Waals surface area contributed by atoms with E-state index < -0.39 is 0 Å². The van der Waals surface area contributed by atoms with Gasteiger partial charge >= 0.3 is 6.03 Å². The number of amides is 3. The highest BCUT2D eigenvalue weighted by atomic mass is 16.2. The highest BCUT2D eigenvalue weighted by molar-refractivity contribution is 5.94. The smallest absolute Gasteiger partial charge is 0.317 e. The number of hydrogen-bond donors (Lipinski definition) is 1. The van der Waals surface area contributed by atoms with Crippen LogP contribution in [0, 0.1) is 0 Å². The molecule has 2 heterocycles. The van der Waals surface area contributed by atoms with Crippen molar-refractivity contribution < 1.29 is 9.59 Å². The van der Waals surface area contributed by atoms with Gasteiger partial charge in [-0.1, -0.05) is 6.07 Å². The van der Waals surface area contributed by atoms with Crippen LogP contribution in [0.2, 0.25) is 0 Å². The lowest BCUT2D eigenvalue weighted by atomic mass is 9.90. The first kappa shape index (κ1) is 15.5. The lowest BCUT2D eigenvalue weighted by Gasteiger charge is -2.37. The first-order valence-electron chi connectivity index (χ1n) is 9.18. The van der Waals surface area contributed by atoms with Crippen molar-refractivity contribution in [3.63, 3.8) is 0 Å². The van der Waals surface area contributed by atoms with Gasteiger partial charge in [-0.05, 0) is 61.8 Å². The van der Waals surface area contributed by atoms with Crippen molar-refractivity contribution in [2.75, 3.05) is 26.2 Å². The fourth-order valence-electron chi connectivity index (χ4n) is 4.28. The van der Waals surface area contributed by atoms with E-state index in [0.717, 1.165) is 44.3 Å². The minimum Gasteiger partial charge on any atom is -0.337 e. The summed E-state index contributed by atoms with van der Waals surface area (Å²) in [5.41, 5.74) is 3.56. The van der Waals surface area contributed by atoms with E-state index in [2.05, 4.69) is 17.4 Å². The molecule has 0 spiro atoms. The molecule has 0 bridgehead atoms. The zero-order chi connectivity index (χ0) is 16.5. The number of nitrogens with one attached hydrogen (secondary N) is 1. The van der Waals surface area contributed by atoms with Crippen LogP contribution in [-0.2, 0) is 12.8 Å². The Kier molecular flexibility index (Phi) is 4.17. The quantitative estimate of drug-likeness (QED) is 0.905. The molecule has 1 aromatic carbocycles. The van der Waals surface area contributed by atoms with Crippen LogP contribution >= 0.6 is 0 Å². The second-order valence-electron chi connectivity index (χ2n) is 7.16. The number of nitrogens with zero attached hydrogens (tertiary/aromatic N) is 2. The standard InChI is InChI=1S/C19H25N3O2/c23-18(16-8-7-14-4-1-2-5-15(14)12-16)21-10-3-6-17(13-21)22-11-9-20-19(22)24/h7-8,12,17H,1-6,9-11,13H2,(H,20,24). The monoisotopic (exact) mass is 327 g/mol. The average Bonchev–Trinajstić information content (AvgIpc) is 3.07. The van der Waals surface area contributed by atoms with Crippen LogP contribution in [0.3, 0.4) is 0 Å². The molecule has 3 amide bonds. The van der Waals surface area contributed by atoms with E-state index in [0.29, 0.717) is 13.1 Å². The van der Waals surface area contributed by atoms with E-state index in [-0.39, 0.29) is 18.0 Å². The summed E-state index contributed by atoms with van der Waals surface area (Å²) >= 11 is 0. The molecular formula is C19H25N3O2. The van der Waals surface area contributed by atoms with E-state index in [1.807, 2.05) is 15.9 Å². The Morgan fingerprint density at radius 1 is 1.08 bits per heavy atom. The molecule has 1 atom stereocenters. The third kappa shape index (κ3) is 2.87. The van der Waals surface area contributed by atoms with Crippen molar-refractivity contribution in [1.82, 2.24) is 15.1 Å². The van der Waals surface area contributed by atoms with Crippen LogP contribution in [0.1, 0.15) is 47.2 Å². The summed E-state index contributed by atoms with van der Waals surface area (Å²) in [5.74, 6) is 0.118. The van der Waals surface area contributed by atoms with Gasteiger partial charge in [-0.15, -0.1) is 0 Å². The van der Waals surface area contributed by atoms with E-state index in [1.54, 1.807) is 0 Å². The van der Waals surface area contributed by atoms with Gasteiger partial charge in [0.05, 0.1) is 6.04 Å². The van der Waals surface area contributed by atoms with E-state index in [9.17, 15) is 9.59 Å². The highest BCUT2D eigenvalue weighted by Gasteiger charge is 2.33. The third-order valence-corrected chi connectivity index (χ3v) is 5.61. The third-order valence-electron chi connectivity index (χ3n) is 5.61. The molecule has 2 saturated heterocycles. The molecule has 3 aliphatic rings. The van der Waals surface area contributed by atoms with Gasteiger partial charge in [-0.2, -0.15) is 0 Å². The summed E-state index contributed by atoms with van der Waals surface area (Å²) in [7, 11) is 0. The van der Waals surface area contributed by atoms with Crippen molar-refractivity contribution in [3.8, 4) is 0 Å². The number of hydrogen-bond acceptors (Lipinski definition) is 2. The van der Waals surface area contributed by atoms with Crippen LogP contribution in [-0.4, -0.2) is 54.0 Å². The Balaban J connectivity index is 1.48. The van der Waals surface area contributed by atoms with Gasteiger partial charge in [0.1, 0.15) is 0 Å². The number of aryl methyl sites for hydroxylation is 2. The zero-order valence-corrected chi connectivity index (χ0v) is 14.1. The molecule has 1 aliphatic carbocycles. The molecule has 2 fully saturated rings. The molecule has 0 radical (unpaired) electrons. The van der Waals surface area contributed by atoms with Crippen molar-refractivity contribution in [2.24, 2.45) is 0 Å². The molecular weight excluding hydrogens is 302 g/mol. The normalized spacial score (nSPS) is 23.8. The van der Waals surface area contributed by atoms with Crippen LogP contribution in [0.4, 0.5) is 4.79 Å². The number of likely N-dealkylation sites (tertiary alicyclic amines) is 1. The molecule has 24 heavy (non-hydrogen) atoms. The van der Waals surface area contributed by atoms with Gasteiger partial charge in [0.25, 0.3) is 5.91 Å². The Bertz CT molecular complexity index is 658. The fourth-order valence-corrected chi connectivity index (χ4v) is 4.28. The molecule has 5 heteroatoms. The minimum absolute atomic E-state index is 0.0167. The molecule has 1 aromatic rings. The lowest BCUT2D eigenvalue weighted by molar-refractivity contribution is 0.0634. The number of carbonyl (C=O) groups is 2. The summed E-state index contributed by atoms with van der Waals surface area (Å²) in [6.07, 6.45) is 6.66. The molecule has 4 rings (SSSR count). The van der Waals surface area contributed by atoms with Crippen molar-refractivity contribution in [3.05, 3.63) is 34.9 Å². The van der Waals surface area contributed by atoms with E-state index in [1.165, 1.54) is 24.0 Å². The van der Waals surface area contributed by atoms with E-state index in [4.69, 9.17) is 0 Å². The van der Waals surface area contributed by atoms with Crippen LogP contribution < -0.4 is 5.32 Å². The highest BCUT2D eigenvalue weighted by Crippen LogP contribution is 2.24. The SMILES string of the molecule is O=C(c1ccc2c(c1)CCCC2)N1CCCC(N2CCNC2=O)C1. The maximum Gasteiger partial charge on any atom is 0.317 e. The summed E-state index contributed by atoms with van der Waals surface area (Å²) < 4.78 is 0. The summed E-state index contributed by atoms with van der Waals surface area (Å²) in [6.45, 7) is 2.92. The summed E-state index contributed by atoms with van der Waals surface area (Å²) in [6, 6.07) is 6.39. The maximum absolute atomic E-state index is 12.9. The number of piperidine rings is 1. The number of fused-ring (bicyclic) bond motifs is 1. The zero-order valence-electron chi connectivity index (χ0n) is 14.1. The van der Waals surface area contributed by atoms with Crippen LogP contribution in [0.15, 0.2) is 18.2 Å². The van der Waals surface area contributed by atoms with Gasteiger partial charge in [-0.25, -0.2) is 4.79 Å². The van der Waals surface area contributed by atoms with Gasteiger partial charge in [0.2, 0.25) is 0 Å². The maximum atomic E-state index is 12.9. The topological polar surface area (TPSA) is 52.7 Å². The largest absolute Gasteiger partial charge is 0.337 e. The molecule has 1 unspecified atom stereocenters. The van der Waals surface area contributed by atoms with Gasteiger partial charge in [-0.3, -0.25) is 4.79 Å². The Labute approximate surface area is 143 Å². The van der Waals surface area contributed by atoms with Crippen molar-refractivity contribution >= 4 is 11.9 Å². The fraction of sp³-hybridized carbons (Fsp3) is 0.579. The average molecular weight is 327 g/mol. The Morgan fingerprint density at radius 2 is 1.92 bits per heavy atom. The van der Waals surface area contributed by atoms with Crippen LogP contribution in [0.25, 0.3) is 0 Å². The summed E-state index contributed by atoms with van der Waals surface area (Å²) in [5, 5.41) is 2.86. The van der Waals surface area contributed by atoms with Gasteiger partial charge < -0.3 is 15.1 Å². The molecule has 0 aromatic heterocycles. The number of urea groups is 1. The first-order valence-corrected chi connectivity index (χ1v) is 9.18. The first-order chi connectivity index (χ1) is 11.7. The predicted octanol–water partition coefficient (Wildman–Crippen LogP) is 2.20. The van der Waals surface area contributed by atoms with E-state index >= 15 is 0 Å². The number of carbonyl (C=O) groups excluding carboxylic acids is 2. The summed E-state index contributed by atoms with van der Waals surface area (Å²) in [4.78, 5) is 28.7. The number of benzene rings is 1. The van der Waals surface area contributed by atoms with Crippen molar-refractivity contribution in [1.29, 1.82) is 0 Å². The predicted molar refractivity (Wildman–Crippen MR) is 92.1 cm³/mol. The Hall–Kier alpha value is -2.04. The second-order valence-corrected chi connectivity index (χ2v) is 7.16. The molecule has 0 saturated carbocycles. The number of rotatable bonds is 2. The minimum atomic E-state index is 0.0167. The van der Waals surface area contributed by atoms with Crippen LogP contribution in [0.5, 0.6) is 0 Å². The molecule has 1 N–H and O–H groups in total. The lowest BCUT2D eigenvalue weighted by Crippen LogP contribution is -2.50. The Morgan fingerprint density at radius 3 is 2.71 bits per heavy atom. The molecule has 5 nitrogen and oxygen atoms in total. The van der Waals surface area contributed by atoms with Crippen molar-refractivity contribution in [2.45, 2.75) is 44.6 Å². The second kappa shape index (κ2) is 6.46.